The molecule has 0 unspecified atom stereocenters. The number of thiophene rings is 1. The van der Waals surface area contributed by atoms with E-state index in [0.717, 1.165) is 11.3 Å². The minimum absolute atomic E-state index is 0.118. The van der Waals surface area contributed by atoms with Crippen molar-refractivity contribution in [3.63, 3.8) is 0 Å². The number of fused-ring (bicyclic) bond motifs is 1. The Morgan fingerprint density at radius 3 is 2.47 bits per heavy atom. The van der Waals surface area contributed by atoms with Gasteiger partial charge in [-0.25, -0.2) is 9.78 Å². The summed E-state index contributed by atoms with van der Waals surface area (Å²) in [7, 11) is 0. The number of esters is 1. The van der Waals surface area contributed by atoms with Crippen LogP contribution in [0.25, 0.3) is 10.2 Å². The third-order valence-electron chi connectivity index (χ3n) is 4.63. The van der Waals surface area contributed by atoms with Gasteiger partial charge in [0.2, 0.25) is 0 Å². The van der Waals surface area contributed by atoms with Gasteiger partial charge < -0.3 is 9.47 Å². The zero-order valence-corrected chi connectivity index (χ0v) is 17.2. The van der Waals surface area contributed by atoms with Crippen molar-refractivity contribution in [3.05, 3.63) is 93.3 Å². The van der Waals surface area contributed by atoms with Crippen molar-refractivity contribution in [2.24, 2.45) is 0 Å². The van der Waals surface area contributed by atoms with Gasteiger partial charge in [-0.2, -0.15) is 0 Å². The molecule has 4 rings (SSSR count). The largest absolute Gasteiger partial charge is 0.490 e. The van der Waals surface area contributed by atoms with E-state index >= 15 is 0 Å². The number of nitrogens with zero attached hydrogens (tertiary/aromatic N) is 2. The summed E-state index contributed by atoms with van der Waals surface area (Å²) in [4.78, 5) is 30.8. The lowest BCUT2D eigenvalue weighted by Gasteiger charge is -2.07. The zero-order chi connectivity index (χ0) is 20.9. The van der Waals surface area contributed by atoms with Gasteiger partial charge in [0.1, 0.15) is 28.7 Å². The summed E-state index contributed by atoms with van der Waals surface area (Å²) >= 11 is 1.18. The van der Waals surface area contributed by atoms with Crippen molar-refractivity contribution in [2.75, 3.05) is 13.2 Å². The normalized spacial score (nSPS) is 10.8. The van der Waals surface area contributed by atoms with E-state index < -0.39 is 5.97 Å². The van der Waals surface area contributed by atoms with E-state index in [1.807, 2.05) is 60.7 Å². The predicted molar refractivity (Wildman–Crippen MR) is 116 cm³/mol. The molecule has 2 aromatic carbocycles. The van der Waals surface area contributed by atoms with Crippen LogP contribution >= 0.6 is 11.3 Å². The molecule has 0 atom stereocenters. The molecule has 0 saturated heterocycles. The molecule has 0 spiro atoms. The van der Waals surface area contributed by atoms with Gasteiger partial charge in [-0.05, 0) is 30.2 Å². The lowest BCUT2D eigenvalue weighted by atomic mass is 10.2. The molecule has 0 radical (unpaired) electrons. The summed E-state index contributed by atoms with van der Waals surface area (Å²) in [6.45, 7) is 2.55. The smallest absolute Gasteiger partial charge is 0.348 e. The lowest BCUT2D eigenvalue weighted by molar-refractivity contribution is 0.0455. The average molecular weight is 420 g/mol. The Bertz CT molecular complexity index is 1220. The second kappa shape index (κ2) is 8.92. The monoisotopic (exact) mass is 420 g/mol. The maximum absolute atomic E-state index is 13.0. The molecule has 0 fully saturated rings. The molecule has 152 valence electrons. The average Bonchev–Trinajstić information content (AvgIpc) is 3.12. The zero-order valence-electron chi connectivity index (χ0n) is 16.4. The molecule has 2 heterocycles. The van der Waals surface area contributed by atoms with Crippen molar-refractivity contribution in [3.8, 4) is 5.75 Å². The molecule has 0 bridgehead atoms. The first-order chi connectivity index (χ1) is 14.6. The molecule has 4 aromatic rings. The highest BCUT2D eigenvalue weighted by molar-refractivity contribution is 7.20. The third kappa shape index (κ3) is 4.26. The van der Waals surface area contributed by atoms with Crippen molar-refractivity contribution < 1.29 is 14.3 Å². The van der Waals surface area contributed by atoms with Crippen LogP contribution in [0.5, 0.6) is 5.75 Å². The molecule has 7 heteroatoms. The Balaban J connectivity index is 1.48. The third-order valence-corrected chi connectivity index (χ3v) is 5.81. The standard InChI is InChI=1S/C23H20N2O4S/c1-16-19-21(24-15-25(22(19)26)14-17-8-4-2-5-9-17)30-20(16)23(27)29-13-12-28-18-10-6-3-7-11-18/h2-11,15H,12-14H2,1H3. The number of carbonyl (C=O) groups is 1. The van der Waals surface area contributed by atoms with Crippen LogP contribution in [0, 0.1) is 6.92 Å². The SMILES string of the molecule is Cc1c(C(=O)OCCOc2ccccc2)sc2ncn(Cc3ccccc3)c(=O)c12. The molecule has 0 aliphatic rings. The van der Waals surface area contributed by atoms with Crippen LogP contribution in [0.2, 0.25) is 0 Å². The van der Waals surface area contributed by atoms with Crippen LogP contribution in [-0.2, 0) is 11.3 Å². The van der Waals surface area contributed by atoms with E-state index in [4.69, 9.17) is 9.47 Å². The molecule has 0 saturated carbocycles. The predicted octanol–water partition coefficient (Wildman–Crippen LogP) is 4.05. The van der Waals surface area contributed by atoms with Gasteiger partial charge in [0, 0.05) is 0 Å². The van der Waals surface area contributed by atoms with E-state index in [1.165, 1.54) is 17.7 Å². The summed E-state index contributed by atoms with van der Waals surface area (Å²) in [5, 5.41) is 0.464. The summed E-state index contributed by atoms with van der Waals surface area (Å²) in [5.74, 6) is 0.246. The minimum atomic E-state index is -0.471. The second-order valence-corrected chi connectivity index (χ2v) is 7.70. The van der Waals surface area contributed by atoms with Gasteiger partial charge in [0.05, 0.1) is 18.3 Å². The molecule has 0 aliphatic heterocycles. The second-order valence-electron chi connectivity index (χ2n) is 6.70. The molecule has 0 aliphatic carbocycles. The highest BCUT2D eigenvalue weighted by atomic mass is 32.1. The molecule has 2 aromatic heterocycles. The van der Waals surface area contributed by atoms with Gasteiger partial charge in [-0.3, -0.25) is 9.36 Å². The number of ether oxygens (including phenoxy) is 2. The summed E-state index contributed by atoms with van der Waals surface area (Å²) in [6, 6.07) is 19.0. The Hall–Kier alpha value is -3.45. The molecule has 30 heavy (non-hydrogen) atoms. The van der Waals surface area contributed by atoms with Crippen LogP contribution in [-0.4, -0.2) is 28.7 Å². The first-order valence-electron chi connectivity index (χ1n) is 9.51. The lowest BCUT2D eigenvalue weighted by Crippen LogP contribution is -2.21. The van der Waals surface area contributed by atoms with E-state index in [1.54, 1.807) is 11.5 Å². The van der Waals surface area contributed by atoms with Gasteiger partial charge in [0.25, 0.3) is 5.56 Å². The van der Waals surface area contributed by atoms with Gasteiger partial charge >= 0.3 is 5.97 Å². The molecular formula is C23H20N2O4S. The van der Waals surface area contributed by atoms with Crippen LogP contribution in [0.15, 0.2) is 71.8 Å². The van der Waals surface area contributed by atoms with Crippen molar-refractivity contribution >= 4 is 27.5 Å². The summed E-state index contributed by atoms with van der Waals surface area (Å²) < 4.78 is 12.4. The van der Waals surface area contributed by atoms with E-state index in [-0.39, 0.29) is 18.8 Å². The van der Waals surface area contributed by atoms with Crippen LogP contribution < -0.4 is 10.3 Å². The summed E-state index contributed by atoms with van der Waals surface area (Å²) in [5.41, 5.74) is 1.44. The van der Waals surface area contributed by atoms with Crippen LogP contribution in [0.4, 0.5) is 0 Å². The minimum Gasteiger partial charge on any atom is -0.490 e. The van der Waals surface area contributed by atoms with Gasteiger partial charge in [0.15, 0.2) is 0 Å². The maximum Gasteiger partial charge on any atom is 0.348 e. The van der Waals surface area contributed by atoms with Crippen LogP contribution in [0.1, 0.15) is 20.8 Å². The van der Waals surface area contributed by atoms with Crippen molar-refractivity contribution in [2.45, 2.75) is 13.5 Å². The number of hydrogen-bond donors (Lipinski definition) is 0. The molecule has 6 nitrogen and oxygen atoms in total. The fourth-order valence-corrected chi connectivity index (χ4v) is 4.16. The molecule has 0 N–H and O–H groups in total. The van der Waals surface area contributed by atoms with Crippen LogP contribution in [0.3, 0.4) is 0 Å². The number of para-hydroxylation sites is 1. The van der Waals surface area contributed by atoms with E-state index in [9.17, 15) is 9.59 Å². The van der Waals surface area contributed by atoms with Crippen molar-refractivity contribution in [1.29, 1.82) is 0 Å². The quantitative estimate of drug-likeness (QED) is 0.333. The number of hydrogen-bond acceptors (Lipinski definition) is 6. The first-order valence-corrected chi connectivity index (χ1v) is 10.3. The highest BCUT2D eigenvalue weighted by Gasteiger charge is 2.20. The Morgan fingerprint density at radius 2 is 1.73 bits per heavy atom. The summed E-state index contributed by atoms with van der Waals surface area (Å²) in [6.07, 6.45) is 1.52. The molecule has 0 amide bonds. The topological polar surface area (TPSA) is 70.4 Å². The highest BCUT2D eigenvalue weighted by Crippen LogP contribution is 2.27. The maximum atomic E-state index is 13.0. The first kappa shape index (κ1) is 19.8. The fraction of sp³-hybridized carbons (Fsp3) is 0.174. The Morgan fingerprint density at radius 1 is 1.03 bits per heavy atom. The van der Waals surface area contributed by atoms with E-state index in [0.29, 0.717) is 27.2 Å². The molecular weight excluding hydrogens is 400 g/mol. The Kier molecular flexibility index (Phi) is 5.90. The van der Waals surface area contributed by atoms with Gasteiger partial charge in [-0.15, -0.1) is 11.3 Å². The number of benzene rings is 2. The Labute approximate surface area is 177 Å². The van der Waals surface area contributed by atoms with Crippen molar-refractivity contribution in [1.82, 2.24) is 9.55 Å². The number of aromatic nitrogens is 2. The number of carbonyl (C=O) groups excluding carboxylic acids is 1. The number of aryl methyl sites for hydroxylation is 1. The van der Waals surface area contributed by atoms with Gasteiger partial charge in [-0.1, -0.05) is 48.5 Å². The number of rotatable bonds is 7. The fourth-order valence-electron chi connectivity index (χ4n) is 3.12. The van der Waals surface area contributed by atoms with E-state index in [2.05, 4.69) is 4.98 Å².